The summed E-state index contributed by atoms with van der Waals surface area (Å²) >= 11 is 0. The van der Waals surface area contributed by atoms with E-state index in [1.54, 1.807) is 26.0 Å². The summed E-state index contributed by atoms with van der Waals surface area (Å²) in [6.07, 6.45) is 4.51. The molecule has 21 heavy (non-hydrogen) atoms. The summed E-state index contributed by atoms with van der Waals surface area (Å²) in [7, 11) is -3.43. The van der Waals surface area contributed by atoms with Gasteiger partial charge >= 0.3 is 0 Å². The number of benzene rings is 1. The van der Waals surface area contributed by atoms with Crippen molar-refractivity contribution in [1.29, 1.82) is 0 Å². The average molecular weight is 311 g/mol. The van der Waals surface area contributed by atoms with Crippen LogP contribution < -0.4 is 15.8 Å². The maximum Gasteiger partial charge on any atom is 0.240 e. The van der Waals surface area contributed by atoms with Crippen molar-refractivity contribution >= 4 is 15.7 Å². The van der Waals surface area contributed by atoms with Gasteiger partial charge in [-0.1, -0.05) is 12.8 Å². The lowest BCUT2D eigenvalue weighted by molar-refractivity contribution is 0.493. The number of nitrogens with two attached hydrogens (primary N) is 1. The molecule has 0 radical (unpaired) electrons. The molecule has 0 aromatic heterocycles. The fraction of sp³-hybridized carbons (Fsp3) is 0.600. The van der Waals surface area contributed by atoms with Crippen molar-refractivity contribution in [1.82, 2.24) is 4.72 Å². The summed E-state index contributed by atoms with van der Waals surface area (Å²) in [6, 6.07) is 6.76. The minimum absolute atomic E-state index is 0.0312. The van der Waals surface area contributed by atoms with E-state index in [1.165, 1.54) is 12.8 Å². The second-order valence-corrected chi connectivity index (χ2v) is 7.83. The first-order valence-corrected chi connectivity index (χ1v) is 8.96. The van der Waals surface area contributed by atoms with Gasteiger partial charge in [0.2, 0.25) is 10.0 Å². The molecule has 118 valence electrons. The number of rotatable bonds is 6. The van der Waals surface area contributed by atoms with Gasteiger partial charge in [0.15, 0.2) is 0 Å². The van der Waals surface area contributed by atoms with Gasteiger partial charge in [0, 0.05) is 23.8 Å². The highest BCUT2D eigenvalue weighted by atomic mass is 32.2. The summed E-state index contributed by atoms with van der Waals surface area (Å²) < 4.78 is 26.7. The van der Waals surface area contributed by atoms with E-state index in [9.17, 15) is 8.42 Å². The topological polar surface area (TPSA) is 84.2 Å². The lowest BCUT2D eigenvalue weighted by Crippen LogP contribution is -2.42. The van der Waals surface area contributed by atoms with Gasteiger partial charge in [0.25, 0.3) is 0 Å². The van der Waals surface area contributed by atoms with Crippen LogP contribution in [0.25, 0.3) is 0 Å². The quantitative estimate of drug-likeness (QED) is 0.751. The van der Waals surface area contributed by atoms with Crippen molar-refractivity contribution < 1.29 is 8.42 Å². The molecule has 1 saturated carbocycles. The Morgan fingerprint density at radius 1 is 1.19 bits per heavy atom. The molecule has 5 nitrogen and oxygen atoms in total. The van der Waals surface area contributed by atoms with E-state index in [1.807, 2.05) is 12.1 Å². The fourth-order valence-electron chi connectivity index (χ4n) is 2.83. The van der Waals surface area contributed by atoms with Gasteiger partial charge in [-0.2, -0.15) is 0 Å². The first kappa shape index (κ1) is 16.3. The van der Waals surface area contributed by atoms with Gasteiger partial charge < -0.3 is 11.1 Å². The van der Waals surface area contributed by atoms with Crippen LogP contribution in [-0.2, 0) is 10.0 Å². The molecule has 1 aromatic rings. The van der Waals surface area contributed by atoms with Gasteiger partial charge in [0.1, 0.15) is 0 Å². The van der Waals surface area contributed by atoms with Crippen molar-refractivity contribution in [2.75, 3.05) is 11.9 Å². The molecule has 0 amide bonds. The van der Waals surface area contributed by atoms with Gasteiger partial charge in [-0.05, 0) is 51.0 Å². The monoisotopic (exact) mass is 311 g/mol. The predicted molar refractivity (Wildman–Crippen MR) is 85.8 cm³/mol. The van der Waals surface area contributed by atoms with Crippen LogP contribution in [0.4, 0.5) is 5.69 Å². The van der Waals surface area contributed by atoms with Gasteiger partial charge in [-0.15, -0.1) is 0 Å². The van der Waals surface area contributed by atoms with Gasteiger partial charge in [-0.25, -0.2) is 13.1 Å². The normalized spacial score (nSPS) is 18.1. The maximum atomic E-state index is 12.1. The predicted octanol–water partition coefficient (Wildman–Crippen LogP) is 2.06. The maximum absolute atomic E-state index is 12.1. The van der Waals surface area contributed by atoms with Crippen molar-refractivity contribution in [3.05, 3.63) is 24.3 Å². The highest BCUT2D eigenvalue weighted by Gasteiger charge is 2.32. The molecule has 6 heteroatoms. The molecular formula is C15H25N3O2S. The number of anilines is 1. The summed E-state index contributed by atoms with van der Waals surface area (Å²) in [5.41, 5.74) is 6.79. The molecule has 0 atom stereocenters. The van der Waals surface area contributed by atoms with E-state index in [4.69, 9.17) is 5.73 Å². The molecule has 1 aliphatic rings. The van der Waals surface area contributed by atoms with Crippen molar-refractivity contribution in [2.45, 2.75) is 56.0 Å². The zero-order chi connectivity index (χ0) is 15.5. The third-order valence-electron chi connectivity index (χ3n) is 3.92. The van der Waals surface area contributed by atoms with E-state index in [0.29, 0.717) is 6.54 Å². The largest absolute Gasteiger partial charge is 0.378 e. The second-order valence-electron chi connectivity index (χ2n) is 6.12. The van der Waals surface area contributed by atoms with Crippen LogP contribution in [-0.4, -0.2) is 26.5 Å². The first-order valence-electron chi connectivity index (χ1n) is 7.48. The molecule has 1 fully saturated rings. The zero-order valence-electron chi connectivity index (χ0n) is 12.7. The second kappa shape index (κ2) is 6.34. The highest BCUT2D eigenvalue weighted by Crippen LogP contribution is 2.32. The van der Waals surface area contributed by atoms with Crippen LogP contribution in [0.3, 0.4) is 0 Å². The molecule has 0 bridgehead atoms. The molecule has 0 unspecified atom stereocenters. The number of hydrogen-bond acceptors (Lipinski definition) is 4. The van der Waals surface area contributed by atoms with Crippen LogP contribution in [0.15, 0.2) is 29.2 Å². The Kier molecular flexibility index (Phi) is 4.91. The lowest BCUT2D eigenvalue weighted by Gasteiger charge is -2.30. The molecular weight excluding hydrogens is 286 g/mol. The van der Waals surface area contributed by atoms with Crippen LogP contribution in [0, 0.1) is 0 Å². The van der Waals surface area contributed by atoms with Crippen LogP contribution in [0.5, 0.6) is 0 Å². The van der Waals surface area contributed by atoms with Crippen molar-refractivity contribution in [2.24, 2.45) is 5.73 Å². The van der Waals surface area contributed by atoms with Gasteiger partial charge in [0.05, 0.1) is 4.90 Å². The Morgan fingerprint density at radius 2 is 1.76 bits per heavy atom. The smallest absolute Gasteiger partial charge is 0.240 e. The lowest BCUT2D eigenvalue weighted by atomic mass is 9.97. The molecule has 0 spiro atoms. The standard InChI is InChI=1S/C15H25N3O2S/c1-12(2)18-21(19,20)14-7-5-13(6-8-14)17-15(11-16)9-3-4-10-15/h5-8,12,17-18H,3-4,9-11,16H2,1-2H3. The Labute approximate surface area is 127 Å². The minimum Gasteiger partial charge on any atom is -0.378 e. The van der Waals surface area contributed by atoms with E-state index >= 15 is 0 Å². The summed E-state index contributed by atoms with van der Waals surface area (Å²) in [5.74, 6) is 0. The van der Waals surface area contributed by atoms with Gasteiger partial charge in [-0.3, -0.25) is 0 Å². The third-order valence-corrected chi connectivity index (χ3v) is 5.59. The van der Waals surface area contributed by atoms with E-state index in [0.717, 1.165) is 18.5 Å². The Balaban J connectivity index is 2.12. The summed E-state index contributed by atoms with van der Waals surface area (Å²) in [5, 5.41) is 3.48. The van der Waals surface area contributed by atoms with E-state index in [-0.39, 0.29) is 16.5 Å². The van der Waals surface area contributed by atoms with Crippen LogP contribution in [0.1, 0.15) is 39.5 Å². The molecule has 0 aliphatic heterocycles. The Morgan fingerprint density at radius 3 is 2.24 bits per heavy atom. The fourth-order valence-corrected chi connectivity index (χ4v) is 4.08. The van der Waals surface area contributed by atoms with Crippen LogP contribution in [0.2, 0.25) is 0 Å². The highest BCUT2D eigenvalue weighted by molar-refractivity contribution is 7.89. The third kappa shape index (κ3) is 3.96. The number of hydrogen-bond donors (Lipinski definition) is 3. The average Bonchev–Trinajstić information content (AvgIpc) is 2.87. The zero-order valence-corrected chi connectivity index (χ0v) is 13.5. The van der Waals surface area contributed by atoms with Crippen LogP contribution >= 0.6 is 0 Å². The number of nitrogens with one attached hydrogen (secondary N) is 2. The first-order chi connectivity index (χ1) is 9.87. The molecule has 0 saturated heterocycles. The molecule has 2 rings (SSSR count). The van der Waals surface area contributed by atoms with E-state index in [2.05, 4.69) is 10.0 Å². The SMILES string of the molecule is CC(C)NS(=O)(=O)c1ccc(NC2(CN)CCCC2)cc1. The summed E-state index contributed by atoms with van der Waals surface area (Å²) in [6.45, 7) is 4.21. The Bertz CT molecular complexity index is 561. The molecule has 1 aromatic carbocycles. The molecule has 0 heterocycles. The van der Waals surface area contributed by atoms with Crippen molar-refractivity contribution in [3.63, 3.8) is 0 Å². The Hall–Kier alpha value is -1.11. The van der Waals surface area contributed by atoms with E-state index < -0.39 is 10.0 Å². The van der Waals surface area contributed by atoms with Crippen molar-refractivity contribution in [3.8, 4) is 0 Å². The summed E-state index contributed by atoms with van der Waals surface area (Å²) in [4.78, 5) is 0.287. The number of sulfonamides is 1. The molecule has 1 aliphatic carbocycles. The molecule has 4 N–H and O–H groups in total. The minimum atomic E-state index is -3.43.